The smallest absolute Gasteiger partial charge is 0.251 e. The van der Waals surface area contributed by atoms with Gasteiger partial charge < -0.3 is 24.7 Å². The van der Waals surface area contributed by atoms with Crippen LogP contribution in [0.1, 0.15) is 23.6 Å². The molecular formula is C22H21BrN4O4. The van der Waals surface area contributed by atoms with Gasteiger partial charge in [-0.3, -0.25) is 9.59 Å². The van der Waals surface area contributed by atoms with Gasteiger partial charge in [0.25, 0.3) is 5.91 Å². The van der Waals surface area contributed by atoms with E-state index >= 15 is 0 Å². The van der Waals surface area contributed by atoms with Gasteiger partial charge in [-0.15, -0.1) is 0 Å². The van der Waals surface area contributed by atoms with Gasteiger partial charge in [-0.2, -0.15) is 0 Å². The van der Waals surface area contributed by atoms with Crippen LogP contribution in [-0.4, -0.2) is 41.1 Å². The lowest BCUT2D eigenvalue weighted by Gasteiger charge is -2.31. The van der Waals surface area contributed by atoms with Gasteiger partial charge in [-0.05, 0) is 54.8 Å². The minimum Gasteiger partial charge on any atom is -0.454 e. The third kappa shape index (κ3) is 3.86. The van der Waals surface area contributed by atoms with E-state index < -0.39 is 0 Å². The maximum Gasteiger partial charge on any atom is 0.251 e. The van der Waals surface area contributed by atoms with E-state index in [1.807, 2.05) is 48.3 Å². The van der Waals surface area contributed by atoms with Crippen molar-refractivity contribution in [1.29, 1.82) is 0 Å². The lowest BCUT2D eigenvalue weighted by atomic mass is 10.0. The Morgan fingerprint density at radius 3 is 2.87 bits per heavy atom. The number of halogens is 1. The molecule has 2 amide bonds. The first kappa shape index (κ1) is 19.9. The van der Waals surface area contributed by atoms with Crippen molar-refractivity contribution in [2.75, 3.05) is 18.7 Å². The lowest BCUT2D eigenvalue weighted by Crippen LogP contribution is -2.49. The number of nitrogens with one attached hydrogen (secondary N) is 2. The normalized spacial score (nSPS) is 21.4. The Balaban J connectivity index is 1.23. The zero-order valence-electron chi connectivity index (χ0n) is 16.8. The average molecular weight is 485 g/mol. The van der Waals surface area contributed by atoms with E-state index in [0.29, 0.717) is 17.9 Å². The van der Waals surface area contributed by atoms with E-state index in [4.69, 9.17) is 9.47 Å². The first-order valence-electron chi connectivity index (χ1n) is 9.97. The van der Waals surface area contributed by atoms with Crippen LogP contribution >= 0.6 is 15.9 Å². The summed E-state index contributed by atoms with van der Waals surface area (Å²) in [6, 6.07) is 11.0. The molecular weight excluding hydrogens is 464 g/mol. The Labute approximate surface area is 187 Å². The summed E-state index contributed by atoms with van der Waals surface area (Å²) in [7, 11) is 0. The van der Waals surface area contributed by atoms with E-state index in [-0.39, 0.29) is 37.2 Å². The molecule has 1 saturated heterocycles. The van der Waals surface area contributed by atoms with Crippen molar-refractivity contribution in [3.05, 3.63) is 64.4 Å². The predicted molar refractivity (Wildman–Crippen MR) is 117 cm³/mol. The fourth-order valence-corrected chi connectivity index (χ4v) is 4.24. The molecule has 2 unspecified atom stereocenters. The lowest BCUT2D eigenvalue weighted by molar-refractivity contribution is -0.137. The highest BCUT2D eigenvalue weighted by Gasteiger charge is 2.40. The van der Waals surface area contributed by atoms with Crippen LogP contribution < -0.4 is 20.2 Å². The Kier molecular flexibility index (Phi) is 5.07. The summed E-state index contributed by atoms with van der Waals surface area (Å²) in [6.45, 7) is 2.14. The quantitative estimate of drug-likeness (QED) is 0.693. The second kappa shape index (κ2) is 7.90. The number of rotatable bonds is 4. The van der Waals surface area contributed by atoms with Crippen molar-refractivity contribution in [2.45, 2.75) is 25.4 Å². The van der Waals surface area contributed by atoms with Gasteiger partial charge >= 0.3 is 0 Å². The summed E-state index contributed by atoms with van der Waals surface area (Å²) in [6.07, 6.45) is 4.03. The van der Waals surface area contributed by atoms with Crippen LogP contribution in [0.5, 0.6) is 11.5 Å². The number of fused-ring (bicyclic) bond motifs is 2. The second-order valence-electron chi connectivity index (χ2n) is 7.73. The van der Waals surface area contributed by atoms with Crippen molar-refractivity contribution >= 4 is 33.4 Å². The summed E-state index contributed by atoms with van der Waals surface area (Å²) in [5.41, 5.74) is 6.10. The van der Waals surface area contributed by atoms with Crippen LogP contribution in [0, 0.1) is 6.92 Å². The molecule has 160 valence electrons. The number of carbonyl (C=O) groups is 2. The summed E-state index contributed by atoms with van der Waals surface area (Å²) < 4.78 is 11.8. The number of ether oxygens (including phenoxy) is 2. The van der Waals surface area contributed by atoms with Crippen LogP contribution in [0.3, 0.4) is 0 Å². The van der Waals surface area contributed by atoms with Crippen LogP contribution in [0.2, 0.25) is 0 Å². The van der Waals surface area contributed by atoms with Crippen molar-refractivity contribution in [1.82, 2.24) is 15.3 Å². The molecule has 9 heteroatoms. The fourth-order valence-electron chi connectivity index (χ4n) is 3.99. The number of carbonyl (C=O) groups excluding carboxylic acids is 2. The molecule has 3 aliphatic heterocycles. The van der Waals surface area contributed by atoms with Crippen molar-refractivity contribution < 1.29 is 19.1 Å². The molecule has 0 saturated carbocycles. The molecule has 5 rings (SSSR count). The minimum atomic E-state index is -0.372. The van der Waals surface area contributed by atoms with Crippen molar-refractivity contribution in [3.63, 3.8) is 0 Å². The molecule has 0 aliphatic carbocycles. The van der Waals surface area contributed by atoms with E-state index in [9.17, 15) is 9.59 Å². The summed E-state index contributed by atoms with van der Waals surface area (Å²) in [5.74, 6) is 1.09. The molecule has 2 aromatic rings. The highest BCUT2D eigenvalue weighted by molar-refractivity contribution is 9.10. The standard InChI is InChI=1S/C22H21BrN4O4/c1-13-8-15(3-4-16(13)23)24-21(28)11-26-6-7-27-18(22(26)29)10-17(25-27)14-2-5-19-20(9-14)31-12-30-19/h2-9,17-18,25H,10-12H2,1H3,(H,24,28). The van der Waals surface area contributed by atoms with Crippen LogP contribution in [-0.2, 0) is 9.59 Å². The van der Waals surface area contributed by atoms with Gasteiger partial charge in [0.2, 0.25) is 12.7 Å². The van der Waals surface area contributed by atoms with E-state index in [1.165, 1.54) is 4.90 Å². The number of amides is 2. The molecule has 3 heterocycles. The maximum absolute atomic E-state index is 13.0. The largest absolute Gasteiger partial charge is 0.454 e. The summed E-state index contributed by atoms with van der Waals surface area (Å²) >= 11 is 3.45. The topological polar surface area (TPSA) is 83.1 Å². The van der Waals surface area contributed by atoms with Gasteiger partial charge in [0.1, 0.15) is 12.6 Å². The van der Waals surface area contributed by atoms with E-state index in [2.05, 4.69) is 26.7 Å². The fraction of sp³-hybridized carbons (Fsp3) is 0.273. The molecule has 0 radical (unpaired) electrons. The molecule has 2 N–H and O–H groups in total. The minimum absolute atomic E-state index is 0.0346. The number of aryl methyl sites for hydroxylation is 1. The maximum atomic E-state index is 13.0. The highest BCUT2D eigenvalue weighted by Crippen LogP contribution is 2.37. The van der Waals surface area contributed by atoms with Gasteiger partial charge in [0.15, 0.2) is 11.5 Å². The molecule has 2 aromatic carbocycles. The van der Waals surface area contributed by atoms with Crippen molar-refractivity contribution in [3.8, 4) is 11.5 Å². The highest BCUT2D eigenvalue weighted by atomic mass is 79.9. The molecule has 0 aromatic heterocycles. The molecule has 2 atom stereocenters. The Morgan fingerprint density at radius 1 is 1.19 bits per heavy atom. The average Bonchev–Trinajstić information content (AvgIpc) is 3.39. The molecule has 3 aliphatic rings. The van der Waals surface area contributed by atoms with Gasteiger partial charge in [-0.1, -0.05) is 22.0 Å². The van der Waals surface area contributed by atoms with Gasteiger partial charge in [-0.25, -0.2) is 5.43 Å². The number of hydrogen-bond acceptors (Lipinski definition) is 6. The van der Waals surface area contributed by atoms with Crippen LogP contribution in [0.25, 0.3) is 0 Å². The molecule has 0 bridgehead atoms. The second-order valence-corrected chi connectivity index (χ2v) is 8.58. The van der Waals surface area contributed by atoms with Crippen molar-refractivity contribution in [2.24, 2.45) is 0 Å². The van der Waals surface area contributed by atoms with E-state index in [0.717, 1.165) is 21.3 Å². The Morgan fingerprint density at radius 2 is 2.03 bits per heavy atom. The number of anilines is 1. The molecule has 0 spiro atoms. The first-order valence-corrected chi connectivity index (χ1v) is 10.8. The number of hydrazine groups is 1. The Hall–Kier alpha value is -3.04. The SMILES string of the molecule is Cc1cc(NC(=O)CN2C=CN3NC(c4ccc5c(c4)OCO5)CC3C2=O)ccc1Br. The van der Waals surface area contributed by atoms with Crippen LogP contribution in [0.15, 0.2) is 53.3 Å². The number of hydrogen-bond donors (Lipinski definition) is 2. The van der Waals surface area contributed by atoms with E-state index in [1.54, 1.807) is 12.4 Å². The molecule has 8 nitrogen and oxygen atoms in total. The molecule has 31 heavy (non-hydrogen) atoms. The zero-order chi connectivity index (χ0) is 21.5. The first-order chi connectivity index (χ1) is 15.0. The summed E-state index contributed by atoms with van der Waals surface area (Å²) in [4.78, 5) is 27.0. The van der Waals surface area contributed by atoms with Crippen LogP contribution in [0.4, 0.5) is 5.69 Å². The van der Waals surface area contributed by atoms with Gasteiger partial charge in [0, 0.05) is 22.6 Å². The third-order valence-electron chi connectivity index (χ3n) is 5.63. The zero-order valence-corrected chi connectivity index (χ0v) is 18.4. The summed E-state index contributed by atoms with van der Waals surface area (Å²) in [5, 5.41) is 4.66. The number of benzene rings is 2. The van der Waals surface area contributed by atoms with Gasteiger partial charge in [0.05, 0.1) is 6.04 Å². The monoisotopic (exact) mass is 484 g/mol. The Bertz CT molecular complexity index is 1090. The third-order valence-corrected chi connectivity index (χ3v) is 6.52. The molecule has 1 fully saturated rings. The predicted octanol–water partition coefficient (Wildman–Crippen LogP) is 3.06. The number of nitrogens with zero attached hydrogens (tertiary/aromatic N) is 2.